The standard InChI is InChI=1S/C23H21N3O/c27-22-18-25(17-20-12-6-2-7-13-20)23(21-14-8-3-9-15-21)26(22)24-16-19-10-4-1-5-11-19/h1-16,23H,17-18H2/b24-16-/t23-/m0/s1. The molecule has 0 spiro atoms. The topological polar surface area (TPSA) is 35.9 Å². The van der Waals surface area contributed by atoms with E-state index in [0.717, 1.165) is 11.1 Å². The predicted molar refractivity (Wildman–Crippen MR) is 107 cm³/mol. The van der Waals surface area contributed by atoms with Gasteiger partial charge in [0.25, 0.3) is 5.91 Å². The lowest BCUT2D eigenvalue weighted by Crippen LogP contribution is -2.28. The molecule has 1 aliphatic heterocycles. The van der Waals surface area contributed by atoms with Crippen LogP contribution in [0.2, 0.25) is 0 Å². The summed E-state index contributed by atoms with van der Waals surface area (Å²) in [6, 6.07) is 30.1. The minimum atomic E-state index is -0.209. The van der Waals surface area contributed by atoms with E-state index < -0.39 is 0 Å². The second-order valence-electron chi connectivity index (χ2n) is 6.57. The van der Waals surface area contributed by atoms with Crippen molar-refractivity contribution in [3.8, 4) is 0 Å². The first-order valence-corrected chi connectivity index (χ1v) is 9.05. The van der Waals surface area contributed by atoms with Crippen molar-refractivity contribution >= 4 is 12.1 Å². The average molecular weight is 355 g/mol. The lowest BCUT2D eigenvalue weighted by Gasteiger charge is -2.27. The summed E-state index contributed by atoms with van der Waals surface area (Å²) >= 11 is 0. The zero-order valence-corrected chi connectivity index (χ0v) is 15.0. The summed E-state index contributed by atoms with van der Waals surface area (Å²) in [5.74, 6) is 0.00645. The minimum Gasteiger partial charge on any atom is -0.271 e. The molecular weight excluding hydrogens is 334 g/mol. The molecule has 0 N–H and O–H groups in total. The van der Waals surface area contributed by atoms with Crippen molar-refractivity contribution in [3.63, 3.8) is 0 Å². The van der Waals surface area contributed by atoms with Gasteiger partial charge >= 0.3 is 0 Å². The van der Waals surface area contributed by atoms with Gasteiger partial charge in [-0.3, -0.25) is 9.69 Å². The van der Waals surface area contributed by atoms with Crippen molar-refractivity contribution in [1.29, 1.82) is 0 Å². The first-order valence-electron chi connectivity index (χ1n) is 9.05. The summed E-state index contributed by atoms with van der Waals surface area (Å²) in [5.41, 5.74) is 3.21. The first kappa shape index (κ1) is 17.2. The van der Waals surface area contributed by atoms with Crippen LogP contribution in [-0.4, -0.2) is 28.6 Å². The third-order valence-electron chi connectivity index (χ3n) is 4.63. The highest BCUT2D eigenvalue weighted by Crippen LogP contribution is 2.32. The van der Waals surface area contributed by atoms with Gasteiger partial charge < -0.3 is 0 Å². The van der Waals surface area contributed by atoms with Gasteiger partial charge in [0.1, 0.15) is 6.17 Å². The quantitative estimate of drug-likeness (QED) is 0.647. The summed E-state index contributed by atoms with van der Waals surface area (Å²) in [6.07, 6.45) is 1.54. The van der Waals surface area contributed by atoms with Gasteiger partial charge in [-0.15, -0.1) is 0 Å². The van der Waals surface area contributed by atoms with Crippen LogP contribution >= 0.6 is 0 Å². The zero-order chi connectivity index (χ0) is 18.5. The van der Waals surface area contributed by atoms with Crippen LogP contribution in [0.3, 0.4) is 0 Å². The van der Waals surface area contributed by atoms with E-state index in [-0.39, 0.29) is 12.1 Å². The van der Waals surface area contributed by atoms with Crippen molar-refractivity contribution < 1.29 is 4.79 Å². The van der Waals surface area contributed by atoms with E-state index >= 15 is 0 Å². The fraction of sp³-hybridized carbons (Fsp3) is 0.130. The third-order valence-corrected chi connectivity index (χ3v) is 4.63. The van der Waals surface area contributed by atoms with Gasteiger partial charge in [0, 0.05) is 6.54 Å². The lowest BCUT2D eigenvalue weighted by atomic mass is 10.1. The summed E-state index contributed by atoms with van der Waals surface area (Å²) in [5, 5.41) is 6.14. The highest BCUT2D eigenvalue weighted by Gasteiger charge is 2.38. The molecule has 1 amide bonds. The SMILES string of the molecule is O=C1CN(Cc2ccccc2)[C@H](c2ccccc2)N1/N=C\c1ccccc1. The fourth-order valence-electron chi connectivity index (χ4n) is 3.36. The van der Waals surface area contributed by atoms with Gasteiger partial charge in [-0.2, -0.15) is 5.10 Å². The van der Waals surface area contributed by atoms with Crippen LogP contribution in [0, 0.1) is 0 Å². The van der Waals surface area contributed by atoms with Gasteiger partial charge in [0.2, 0.25) is 0 Å². The number of nitrogens with zero attached hydrogens (tertiary/aromatic N) is 3. The van der Waals surface area contributed by atoms with Crippen molar-refractivity contribution in [2.24, 2.45) is 5.10 Å². The molecule has 27 heavy (non-hydrogen) atoms. The fourth-order valence-corrected chi connectivity index (χ4v) is 3.36. The Kier molecular flexibility index (Phi) is 5.08. The molecule has 3 aromatic carbocycles. The number of amides is 1. The van der Waals surface area contributed by atoms with Gasteiger partial charge in [-0.25, -0.2) is 5.01 Å². The number of hydrogen-bond donors (Lipinski definition) is 0. The smallest absolute Gasteiger partial charge is 0.258 e. The Labute approximate surface area is 159 Å². The minimum absolute atomic E-state index is 0.00645. The van der Waals surface area contributed by atoms with Crippen LogP contribution in [0.25, 0.3) is 0 Å². The zero-order valence-electron chi connectivity index (χ0n) is 15.0. The number of carbonyl (C=O) groups is 1. The molecule has 0 bridgehead atoms. The Morgan fingerprint density at radius 3 is 2.11 bits per heavy atom. The van der Waals surface area contributed by atoms with Crippen LogP contribution in [0.15, 0.2) is 96.1 Å². The van der Waals surface area contributed by atoms with E-state index in [2.05, 4.69) is 22.1 Å². The van der Waals surface area contributed by atoms with E-state index in [0.29, 0.717) is 13.1 Å². The highest BCUT2D eigenvalue weighted by molar-refractivity contribution is 5.84. The van der Waals surface area contributed by atoms with E-state index in [1.165, 1.54) is 5.56 Å². The molecule has 1 atom stereocenters. The van der Waals surface area contributed by atoms with E-state index in [9.17, 15) is 4.79 Å². The largest absolute Gasteiger partial charge is 0.271 e. The monoisotopic (exact) mass is 355 g/mol. The van der Waals surface area contributed by atoms with Gasteiger partial charge in [-0.05, 0) is 16.7 Å². The summed E-state index contributed by atoms with van der Waals surface area (Å²) in [7, 11) is 0. The molecule has 0 unspecified atom stereocenters. The molecule has 0 aliphatic carbocycles. The number of carbonyl (C=O) groups excluding carboxylic acids is 1. The Hall–Kier alpha value is -3.24. The van der Waals surface area contributed by atoms with Crippen LogP contribution in [0.5, 0.6) is 0 Å². The number of benzene rings is 3. The Balaban J connectivity index is 1.64. The van der Waals surface area contributed by atoms with Gasteiger partial charge in [0.15, 0.2) is 0 Å². The molecule has 0 aromatic heterocycles. The highest BCUT2D eigenvalue weighted by atomic mass is 16.2. The normalized spacial score (nSPS) is 17.7. The summed E-state index contributed by atoms with van der Waals surface area (Å²) < 4.78 is 0. The van der Waals surface area contributed by atoms with Crippen molar-refractivity contribution in [3.05, 3.63) is 108 Å². The molecule has 3 aromatic rings. The number of hydrogen-bond acceptors (Lipinski definition) is 3. The molecular formula is C23H21N3O. The van der Waals surface area contributed by atoms with E-state index in [4.69, 9.17) is 0 Å². The van der Waals surface area contributed by atoms with Crippen molar-refractivity contribution in [2.45, 2.75) is 12.7 Å². The molecule has 4 nitrogen and oxygen atoms in total. The second kappa shape index (κ2) is 7.98. The van der Waals surface area contributed by atoms with E-state index in [1.54, 1.807) is 11.2 Å². The average Bonchev–Trinajstić information content (AvgIpc) is 3.03. The maximum absolute atomic E-state index is 12.8. The second-order valence-corrected chi connectivity index (χ2v) is 6.57. The van der Waals surface area contributed by atoms with E-state index in [1.807, 2.05) is 78.9 Å². The molecule has 1 aliphatic rings. The lowest BCUT2D eigenvalue weighted by molar-refractivity contribution is -0.128. The Morgan fingerprint density at radius 2 is 1.44 bits per heavy atom. The first-order chi connectivity index (χ1) is 13.3. The molecule has 1 fully saturated rings. The molecule has 0 saturated carbocycles. The maximum Gasteiger partial charge on any atom is 0.258 e. The van der Waals surface area contributed by atoms with Crippen LogP contribution in [-0.2, 0) is 11.3 Å². The van der Waals surface area contributed by atoms with Crippen molar-refractivity contribution in [2.75, 3.05) is 6.54 Å². The van der Waals surface area contributed by atoms with Crippen LogP contribution < -0.4 is 0 Å². The van der Waals surface area contributed by atoms with Crippen LogP contribution in [0.4, 0.5) is 0 Å². The molecule has 4 heteroatoms. The van der Waals surface area contributed by atoms with Gasteiger partial charge in [0.05, 0.1) is 12.8 Å². The molecule has 1 saturated heterocycles. The van der Waals surface area contributed by atoms with Crippen LogP contribution in [0.1, 0.15) is 22.9 Å². The van der Waals surface area contributed by atoms with Crippen molar-refractivity contribution in [1.82, 2.24) is 9.91 Å². The number of hydrazone groups is 1. The Bertz CT molecular complexity index is 910. The molecule has 1 heterocycles. The summed E-state index contributed by atoms with van der Waals surface area (Å²) in [6.45, 7) is 1.05. The van der Waals surface area contributed by atoms with Gasteiger partial charge in [-0.1, -0.05) is 91.0 Å². The third kappa shape index (κ3) is 3.96. The molecule has 0 radical (unpaired) electrons. The summed E-state index contributed by atoms with van der Waals surface area (Å²) in [4.78, 5) is 14.9. The number of rotatable bonds is 5. The Morgan fingerprint density at radius 1 is 0.852 bits per heavy atom. The molecule has 4 rings (SSSR count). The predicted octanol–water partition coefficient (Wildman–Crippen LogP) is 4.06. The maximum atomic E-state index is 12.8. The molecule has 134 valence electrons.